The Kier molecular flexibility index (Phi) is 2.64. The van der Waals surface area contributed by atoms with Crippen molar-refractivity contribution in [1.82, 2.24) is 14.6 Å². The molecule has 1 unspecified atom stereocenters. The molecule has 3 rings (SSSR count). The summed E-state index contributed by atoms with van der Waals surface area (Å²) in [5.41, 5.74) is 0.630. The highest BCUT2D eigenvalue weighted by atomic mass is 19.1. The molecule has 0 amide bonds. The number of anilines is 1. The Hall–Kier alpha value is -1.69. The number of hydrogen-bond acceptors (Lipinski definition) is 4. The molecule has 2 aromatic heterocycles. The van der Waals surface area contributed by atoms with Crippen LogP contribution in [-0.4, -0.2) is 33.9 Å². The molecule has 1 aliphatic heterocycles. The second kappa shape index (κ2) is 4.29. The Morgan fingerprint density at radius 1 is 1.47 bits per heavy atom. The van der Waals surface area contributed by atoms with Gasteiger partial charge in [0.1, 0.15) is 5.82 Å². The van der Waals surface area contributed by atoms with Crippen LogP contribution in [0.5, 0.6) is 0 Å². The first kappa shape index (κ1) is 10.5. The zero-order chi connectivity index (χ0) is 11.7. The summed E-state index contributed by atoms with van der Waals surface area (Å²) >= 11 is 0. The van der Waals surface area contributed by atoms with E-state index in [2.05, 4.69) is 15.4 Å². The third kappa shape index (κ3) is 2.21. The van der Waals surface area contributed by atoms with Crippen LogP contribution in [0, 0.1) is 5.82 Å². The molecule has 1 saturated heterocycles. The van der Waals surface area contributed by atoms with Crippen LogP contribution in [0.4, 0.5) is 10.3 Å². The van der Waals surface area contributed by atoms with E-state index in [4.69, 9.17) is 4.74 Å². The van der Waals surface area contributed by atoms with E-state index < -0.39 is 0 Å². The normalized spacial score (nSPS) is 20.6. The number of fused-ring (bicyclic) bond motifs is 1. The highest BCUT2D eigenvalue weighted by Crippen LogP contribution is 2.12. The molecule has 1 atom stereocenters. The number of aromatic nitrogens is 3. The van der Waals surface area contributed by atoms with Crippen LogP contribution in [0.15, 0.2) is 18.3 Å². The van der Waals surface area contributed by atoms with Gasteiger partial charge in [-0.3, -0.25) is 0 Å². The Balaban J connectivity index is 1.80. The first-order valence-corrected chi connectivity index (χ1v) is 5.67. The quantitative estimate of drug-likeness (QED) is 0.857. The van der Waals surface area contributed by atoms with Crippen molar-refractivity contribution in [3.63, 3.8) is 0 Å². The van der Waals surface area contributed by atoms with Crippen molar-refractivity contribution >= 4 is 11.6 Å². The van der Waals surface area contributed by atoms with Crippen LogP contribution in [0.1, 0.15) is 12.8 Å². The van der Waals surface area contributed by atoms with Crippen LogP contribution in [-0.2, 0) is 4.74 Å². The lowest BCUT2D eigenvalue weighted by molar-refractivity contribution is 0.0874. The van der Waals surface area contributed by atoms with Crippen molar-refractivity contribution in [3.05, 3.63) is 24.1 Å². The summed E-state index contributed by atoms with van der Waals surface area (Å²) in [4.78, 5) is 4.27. The third-order valence-corrected chi connectivity index (χ3v) is 2.79. The molecule has 1 N–H and O–H groups in total. The smallest absolute Gasteiger partial charge is 0.243 e. The largest absolute Gasteiger partial charge is 0.379 e. The summed E-state index contributed by atoms with van der Waals surface area (Å²) in [5.74, 6) is 0.195. The number of ether oxygens (including phenoxy) is 1. The molecule has 0 aromatic carbocycles. The van der Waals surface area contributed by atoms with Crippen molar-refractivity contribution in [2.75, 3.05) is 18.5 Å². The molecule has 0 spiro atoms. The van der Waals surface area contributed by atoms with Crippen LogP contribution >= 0.6 is 0 Å². The first-order valence-electron chi connectivity index (χ1n) is 5.67. The van der Waals surface area contributed by atoms with Gasteiger partial charge in [0.2, 0.25) is 5.95 Å². The maximum absolute atomic E-state index is 13.0. The molecule has 1 aliphatic rings. The molecule has 17 heavy (non-hydrogen) atoms. The highest BCUT2D eigenvalue weighted by molar-refractivity contribution is 5.43. The second-order valence-corrected chi connectivity index (χ2v) is 4.14. The lowest BCUT2D eigenvalue weighted by Gasteiger charge is -2.22. The fourth-order valence-corrected chi connectivity index (χ4v) is 1.96. The zero-order valence-corrected chi connectivity index (χ0v) is 9.27. The van der Waals surface area contributed by atoms with Crippen LogP contribution in [0.2, 0.25) is 0 Å². The average Bonchev–Trinajstić information content (AvgIpc) is 2.71. The van der Waals surface area contributed by atoms with Crippen LogP contribution in [0.25, 0.3) is 5.65 Å². The van der Waals surface area contributed by atoms with E-state index in [0.29, 0.717) is 18.2 Å². The molecule has 0 saturated carbocycles. The fraction of sp³-hybridized carbons (Fsp3) is 0.455. The molecule has 2 aromatic rings. The van der Waals surface area contributed by atoms with Gasteiger partial charge in [0.25, 0.3) is 0 Å². The second-order valence-electron chi connectivity index (χ2n) is 4.14. The van der Waals surface area contributed by atoms with Crippen molar-refractivity contribution in [2.45, 2.75) is 18.9 Å². The van der Waals surface area contributed by atoms with Crippen molar-refractivity contribution in [1.29, 1.82) is 0 Å². The molecule has 3 heterocycles. The van der Waals surface area contributed by atoms with Gasteiger partial charge in [-0.2, -0.15) is 4.98 Å². The minimum atomic E-state index is -0.324. The molecule has 5 nitrogen and oxygen atoms in total. The van der Waals surface area contributed by atoms with Crippen molar-refractivity contribution in [2.24, 2.45) is 0 Å². The van der Waals surface area contributed by atoms with Gasteiger partial charge in [0, 0.05) is 6.61 Å². The molecule has 6 heteroatoms. The number of pyridine rings is 1. The van der Waals surface area contributed by atoms with Crippen LogP contribution in [0.3, 0.4) is 0 Å². The van der Waals surface area contributed by atoms with Gasteiger partial charge in [-0.05, 0) is 25.0 Å². The van der Waals surface area contributed by atoms with E-state index in [9.17, 15) is 4.39 Å². The van der Waals surface area contributed by atoms with Gasteiger partial charge in [0.15, 0.2) is 5.65 Å². The Labute approximate surface area is 97.6 Å². The molecular weight excluding hydrogens is 223 g/mol. The lowest BCUT2D eigenvalue weighted by atomic mass is 10.1. The van der Waals surface area contributed by atoms with Gasteiger partial charge in [-0.1, -0.05) is 0 Å². The molecular formula is C11H13FN4O. The zero-order valence-electron chi connectivity index (χ0n) is 9.27. The maximum Gasteiger partial charge on any atom is 0.243 e. The van der Waals surface area contributed by atoms with Gasteiger partial charge < -0.3 is 10.1 Å². The minimum Gasteiger partial charge on any atom is -0.379 e. The fourth-order valence-electron chi connectivity index (χ4n) is 1.96. The Morgan fingerprint density at radius 3 is 3.24 bits per heavy atom. The summed E-state index contributed by atoms with van der Waals surface area (Å²) in [6, 6.07) is 3.22. The van der Waals surface area contributed by atoms with E-state index in [1.54, 1.807) is 6.07 Å². The van der Waals surface area contributed by atoms with Gasteiger partial charge in [-0.15, -0.1) is 5.10 Å². The topological polar surface area (TPSA) is 51.5 Å². The van der Waals surface area contributed by atoms with E-state index in [-0.39, 0.29) is 11.9 Å². The average molecular weight is 236 g/mol. The standard InChI is InChI=1S/C11H13FN4O/c12-8-3-4-10-14-11(15-16(10)6-8)13-9-2-1-5-17-7-9/h3-4,6,9H,1-2,5,7H2,(H,13,15). The van der Waals surface area contributed by atoms with E-state index >= 15 is 0 Å². The van der Waals surface area contributed by atoms with Gasteiger partial charge in [-0.25, -0.2) is 8.91 Å². The Morgan fingerprint density at radius 2 is 2.41 bits per heavy atom. The molecule has 90 valence electrons. The minimum absolute atomic E-state index is 0.242. The number of nitrogens with one attached hydrogen (secondary N) is 1. The van der Waals surface area contributed by atoms with E-state index in [0.717, 1.165) is 19.4 Å². The summed E-state index contributed by atoms with van der Waals surface area (Å²) in [5, 5.41) is 7.37. The monoisotopic (exact) mass is 236 g/mol. The lowest BCUT2D eigenvalue weighted by Crippen LogP contribution is -2.30. The number of nitrogens with zero attached hydrogens (tertiary/aromatic N) is 3. The maximum atomic E-state index is 13.0. The summed E-state index contributed by atoms with van der Waals surface area (Å²) < 4.78 is 19.8. The number of halogens is 1. The highest BCUT2D eigenvalue weighted by Gasteiger charge is 2.15. The number of rotatable bonds is 2. The van der Waals surface area contributed by atoms with Crippen molar-refractivity contribution < 1.29 is 9.13 Å². The summed E-state index contributed by atoms with van der Waals surface area (Å²) in [7, 11) is 0. The Bertz CT molecular complexity index is 521. The predicted octanol–water partition coefficient (Wildman–Crippen LogP) is 1.46. The van der Waals surface area contributed by atoms with E-state index in [1.165, 1.54) is 16.8 Å². The van der Waals surface area contributed by atoms with Gasteiger partial charge in [0.05, 0.1) is 18.8 Å². The SMILES string of the molecule is Fc1ccc2nc(NC3CCCOC3)nn2c1. The number of hydrogen-bond donors (Lipinski definition) is 1. The van der Waals surface area contributed by atoms with E-state index in [1.807, 2.05) is 0 Å². The van der Waals surface area contributed by atoms with Crippen molar-refractivity contribution in [3.8, 4) is 0 Å². The molecule has 1 fully saturated rings. The third-order valence-electron chi connectivity index (χ3n) is 2.79. The van der Waals surface area contributed by atoms with Crippen LogP contribution < -0.4 is 5.32 Å². The molecule has 0 bridgehead atoms. The molecule has 0 radical (unpaired) electrons. The summed E-state index contributed by atoms with van der Waals surface area (Å²) in [6.45, 7) is 1.49. The first-order chi connectivity index (χ1) is 8.31. The van der Waals surface area contributed by atoms with Gasteiger partial charge >= 0.3 is 0 Å². The summed E-state index contributed by atoms with van der Waals surface area (Å²) in [6.07, 6.45) is 3.40. The predicted molar refractivity (Wildman–Crippen MR) is 60.4 cm³/mol. The molecule has 0 aliphatic carbocycles.